The van der Waals surface area contributed by atoms with E-state index >= 15 is 0 Å². The van der Waals surface area contributed by atoms with Crippen molar-refractivity contribution < 1.29 is 19.7 Å². The minimum atomic E-state index is -0.580. The van der Waals surface area contributed by atoms with Gasteiger partial charge in [0.1, 0.15) is 6.10 Å². The molecule has 34 heavy (non-hydrogen) atoms. The van der Waals surface area contributed by atoms with Crippen molar-refractivity contribution >= 4 is 5.97 Å². The van der Waals surface area contributed by atoms with Crippen molar-refractivity contribution in [3.63, 3.8) is 0 Å². The summed E-state index contributed by atoms with van der Waals surface area (Å²) in [5.41, 5.74) is 2.20. The molecule has 2 saturated carbocycles. The normalized spacial score (nSPS) is 39.9. The molecule has 0 spiro atoms. The molecule has 8 unspecified atom stereocenters. The first-order valence-electron chi connectivity index (χ1n) is 13.4. The fraction of sp³-hybridized carbons (Fsp3) is 0.690. The summed E-state index contributed by atoms with van der Waals surface area (Å²) < 4.78 is 5.92. The van der Waals surface area contributed by atoms with E-state index in [1.807, 2.05) is 18.2 Å². The number of benzene rings is 1. The Bertz CT molecular complexity index is 901. The summed E-state index contributed by atoms with van der Waals surface area (Å²) in [6.45, 7) is 6.52. The van der Waals surface area contributed by atoms with Gasteiger partial charge in [0.2, 0.25) is 0 Å². The highest BCUT2D eigenvalue weighted by Gasteiger charge is 2.59. The molecule has 0 radical (unpaired) electrons. The van der Waals surface area contributed by atoms with Gasteiger partial charge < -0.3 is 14.9 Å². The van der Waals surface area contributed by atoms with E-state index in [-0.39, 0.29) is 41.3 Å². The summed E-state index contributed by atoms with van der Waals surface area (Å²) in [4.78, 5) is 15.5. The first-order chi connectivity index (χ1) is 16.4. The van der Waals surface area contributed by atoms with Crippen molar-refractivity contribution in [1.82, 2.24) is 4.90 Å². The summed E-state index contributed by atoms with van der Waals surface area (Å²) in [6.07, 6.45) is 8.22. The Labute approximate surface area is 204 Å². The lowest BCUT2D eigenvalue weighted by Crippen LogP contribution is -2.54. The first-order valence-corrected chi connectivity index (χ1v) is 13.4. The van der Waals surface area contributed by atoms with Crippen LogP contribution in [0, 0.1) is 29.1 Å². The second-order valence-corrected chi connectivity index (χ2v) is 11.6. The molecular weight excluding hydrogens is 426 g/mol. The van der Waals surface area contributed by atoms with Crippen molar-refractivity contribution in [2.24, 2.45) is 29.1 Å². The van der Waals surface area contributed by atoms with Gasteiger partial charge in [-0.05, 0) is 43.1 Å². The molecule has 1 aliphatic heterocycles. The molecule has 5 nitrogen and oxygen atoms in total. The topological polar surface area (TPSA) is 70.0 Å². The molecular formula is C29H41NO4. The van der Waals surface area contributed by atoms with Crippen molar-refractivity contribution in [1.29, 1.82) is 0 Å². The number of aliphatic hydroxyl groups excluding tert-OH is 2. The zero-order chi connectivity index (χ0) is 23.9. The van der Waals surface area contributed by atoms with Gasteiger partial charge in [0.05, 0.1) is 18.1 Å². The number of esters is 1. The molecule has 4 aliphatic rings. The van der Waals surface area contributed by atoms with Crippen LogP contribution in [0.5, 0.6) is 0 Å². The van der Waals surface area contributed by atoms with E-state index in [1.165, 1.54) is 11.1 Å². The van der Waals surface area contributed by atoms with Crippen LogP contribution >= 0.6 is 0 Å². The van der Waals surface area contributed by atoms with Crippen LogP contribution in [-0.2, 0) is 16.1 Å². The highest BCUT2D eigenvalue weighted by Crippen LogP contribution is 2.56. The van der Waals surface area contributed by atoms with Crippen LogP contribution in [-0.4, -0.2) is 52.5 Å². The van der Waals surface area contributed by atoms with Crippen LogP contribution in [0.4, 0.5) is 0 Å². The summed E-state index contributed by atoms with van der Waals surface area (Å²) in [5, 5.41) is 22.4. The number of aliphatic hydroxyl groups is 2. The van der Waals surface area contributed by atoms with E-state index in [4.69, 9.17) is 4.74 Å². The van der Waals surface area contributed by atoms with Gasteiger partial charge in [-0.25, -0.2) is 0 Å². The Morgan fingerprint density at radius 3 is 2.62 bits per heavy atom. The number of carbonyl (C=O) groups excluding carboxylic acids is 1. The smallest absolute Gasteiger partial charge is 0.311 e. The van der Waals surface area contributed by atoms with Crippen molar-refractivity contribution in [2.75, 3.05) is 13.1 Å². The highest BCUT2D eigenvalue weighted by molar-refractivity contribution is 5.76. The molecule has 1 saturated heterocycles. The van der Waals surface area contributed by atoms with Gasteiger partial charge in [0.25, 0.3) is 0 Å². The summed E-state index contributed by atoms with van der Waals surface area (Å²) in [7, 11) is 0. The third kappa shape index (κ3) is 4.36. The first kappa shape index (κ1) is 24.0. The highest BCUT2D eigenvalue weighted by atomic mass is 16.6. The third-order valence-electron chi connectivity index (χ3n) is 9.64. The van der Waals surface area contributed by atoms with E-state index in [2.05, 4.69) is 37.0 Å². The van der Waals surface area contributed by atoms with Gasteiger partial charge >= 0.3 is 5.97 Å². The Hall–Kier alpha value is -1.69. The van der Waals surface area contributed by atoms with Gasteiger partial charge in [-0.3, -0.25) is 9.69 Å². The van der Waals surface area contributed by atoms with Crippen LogP contribution in [0.1, 0.15) is 64.4 Å². The molecule has 0 amide bonds. The van der Waals surface area contributed by atoms with E-state index < -0.39 is 6.10 Å². The predicted octanol–water partition coefficient (Wildman–Crippen LogP) is 4.32. The predicted molar refractivity (Wildman–Crippen MR) is 132 cm³/mol. The zero-order valence-corrected chi connectivity index (χ0v) is 20.7. The Morgan fingerprint density at radius 2 is 1.85 bits per heavy atom. The minimum absolute atomic E-state index is 0.160. The van der Waals surface area contributed by atoms with Gasteiger partial charge in [-0.2, -0.15) is 0 Å². The fourth-order valence-corrected chi connectivity index (χ4v) is 7.33. The molecule has 5 rings (SSSR count). The third-order valence-corrected chi connectivity index (χ3v) is 9.64. The number of hydrogen-bond donors (Lipinski definition) is 2. The standard InChI is InChI=1S/C29H41NO4/c1-19-9-8-13-22-15-25-26(27(32)29(19,22)2)23(28(33)34-25)18-30(16-20-10-4-3-5-11-20)17-21-12-6-7-14-24(21)31/h3-5,10-11,13,19,21,23-27,31-32H,6-9,12,14-18H2,1-2H3. The van der Waals surface area contributed by atoms with Crippen molar-refractivity contribution in [3.8, 4) is 0 Å². The molecule has 0 aromatic heterocycles. The molecule has 0 bridgehead atoms. The number of carbonyl (C=O) groups is 1. The lowest BCUT2D eigenvalue weighted by atomic mass is 9.55. The summed E-state index contributed by atoms with van der Waals surface area (Å²) in [6, 6.07) is 10.4. The molecule has 1 aromatic rings. The van der Waals surface area contributed by atoms with E-state index in [9.17, 15) is 15.0 Å². The molecule has 8 atom stereocenters. The molecule has 3 aliphatic carbocycles. The number of nitrogens with zero attached hydrogens (tertiary/aromatic N) is 1. The maximum Gasteiger partial charge on any atom is 0.311 e. The van der Waals surface area contributed by atoms with E-state index in [0.717, 1.165) is 58.0 Å². The van der Waals surface area contributed by atoms with Crippen LogP contribution < -0.4 is 0 Å². The monoisotopic (exact) mass is 467 g/mol. The van der Waals surface area contributed by atoms with Crippen LogP contribution in [0.25, 0.3) is 0 Å². The van der Waals surface area contributed by atoms with Crippen LogP contribution in [0.3, 0.4) is 0 Å². The SMILES string of the molecule is CC1CCC=C2CC3OC(=O)C(CN(Cc4ccccc4)CC4CCCCC4O)C3C(O)C21C. The number of ether oxygens (including phenoxy) is 1. The van der Waals surface area contributed by atoms with Gasteiger partial charge in [0, 0.05) is 37.4 Å². The van der Waals surface area contributed by atoms with Crippen LogP contribution in [0.15, 0.2) is 42.0 Å². The van der Waals surface area contributed by atoms with E-state index in [0.29, 0.717) is 12.5 Å². The largest absolute Gasteiger partial charge is 0.461 e. The summed E-state index contributed by atoms with van der Waals surface area (Å²) >= 11 is 0. The van der Waals surface area contributed by atoms with Crippen molar-refractivity contribution in [3.05, 3.63) is 47.5 Å². The lowest BCUT2D eigenvalue weighted by Gasteiger charge is -2.52. The molecule has 5 heteroatoms. The van der Waals surface area contributed by atoms with Crippen LogP contribution in [0.2, 0.25) is 0 Å². The molecule has 1 heterocycles. The van der Waals surface area contributed by atoms with Gasteiger partial charge in [0.15, 0.2) is 0 Å². The molecule has 1 aromatic carbocycles. The average molecular weight is 468 g/mol. The van der Waals surface area contributed by atoms with Gasteiger partial charge in [-0.1, -0.05) is 68.7 Å². The second-order valence-electron chi connectivity index (χ2n) is 11.6. The van der Waals surface area contributed by atoms with E-state index in [1.54, 1.807) is 0 Å². The quantitative estimate of drug-likeness (QED) is 0.482. The molecule has 2 N–H and O–H groups in total. The number of rotatable bonds is 6. The Balaban J connectivity index is 1.39. The maximum atomic E-state index is 13.2. The number of allylic oxidation sites excluding steroid dienone is 1. The number of hydrogen-bond acceptors (Lipinski definition) is 5. The fourth-order valence-electron chi connectivity index (χ4n) is 7.33. The molecule has 3 fully saturated rings. The summed E-state index contributed by atoms with van der Waals surface area (Å²) in [5.74, 6) is -0.0569. The molecule has 186 valence electrons. The number of fused-ring (bicyclic) bond motifs is 2. The lowest BCUT2D eigenvalue weighted by molar-refractivity contribution is -0.145. The maximum absolute atomic E-state index is 13.2. The zero-order valence-electron chi connectivity index (χ0n) is 20.7. The Kier molecular flexibility index (Phi) is 6.89. The second kappa shape index (κ2) is 9.75. The van der Waals surface area contributed by atoms with Gasteiger partial charge in [-0.15, -0.1) is 0 Å². The Morgan fingerprint density at radius 1 is 1.09 bits per heavy atom. The van der Waals surface area contributed by atoms with Crippen molar-refractivity contribution in [2.45, 2.75) is 83.6 Å². The minimum Gasteiger partial charge on any atom is -0.461 e. The average Bonchev–Trinajstić information content (AvgIpc) is 3.13.